The van der Waals surface area contributed by atoms with Crippen LogP contribution in [-0.2, 0) is 9.59 Å². The number of ether oxygens (including phenoxy) is 1. The largest absolute Gasteiger partial charge is 0.435 e. The lowest BCUT2D eigenvalue weighted by atomic mass is 10.1. The van der Waals surface area contributed by atoms with Gasteiger partial charge in [0.15, 0.2) is 0 Å². The number of alkyl halides is 2. The molecule has 3 rings (SSSR count). The summed E-state index contributed by atoms with van der Waals surface area (Å²) in [5.41, 5.74) is 0.774. The highest BCUT2D eigenvalue weighted by Gasteiger charge is 2.52. The Morgan fingerprint density at radius 3 is 2.72 bits per heavy atom. The smallest absolute Gasteiger partial charge is 0.387 e. The lowest BCUT2D eigenvalue weighted by Crippen LogP contribution is -2.50. The molecule has 1 N–H and O–H groups in total. The summed E-state index contributed by atoms with van der Waals surface area (Å²) in [6.45, 7) is 0.949. The van der Waals surface area contributed by atoms with Crippen molar-refractivity contribution in [3.63, 3.8) is 0 Å². The summed E-state index contributed by atoms with van der Waals surface area (Å²) in [5, 5.41) is 2.91. The number of thioether (sulfide) groups is 1. The molecule has 8 heteroatoms. The van der Waals surface area contributed by atoms with Crippen LogP contribution in [0.15, 0.2) is 24.3 Å². The Hall–Kier alpha value is -1.83. The van der Waals surface area contributed by atoms with Gasteiger partial charge in [0.1, 0.15) is 11.8 Å². The van der Waals surface area contributed by atoms with Gasteiger partial charge in [-0.3, -0.25) is 9.59 Å². The summed E-state index contributed by atoms with van der Waals surface area (Å²) in [6.07, 6.45) is 1.25. The van der Waals surface area contributed by atoms with Crippen molar-refractivity contribution in [1.29, 1.82) is 0 Å². The van der Waals surface area contributed by atoms with Crippen LogP contribution in [0.2, 0.25) is 0 Å². The predicted molar refractivity (Wildman–Crippen MR) is 90.4 cm³/mol. The summed E-state index contributed by atoms with van der Waals surface area (Å²) < 4.78 is 28.7. The summed E-state index contributed by atoms with van der Waals surface area (Å²) in [4.78, 5) is 26.2. The van der Waals surface area contributed by atoms with Crippen LogP contribution in [0.25, 0.3) is 0 Å². The van der Waals surface area contributed by atoms with Gasteiger partial charge in [0, 0.05) is 12.2 Å². The quantitative estimate of drug-likeness (QED) is 0.866. The van der Waals surface area contributed by atoms with Crippen molar-refractivity contribution in [2.24, 2.45) is 0 Å². The maximum Gasteiger partial charge on any atom is 0.387 e. The third-order valence-electron chi connectivity index (χ3n) is 4.71. The first-order valence-electron chi connectivity index (χ1n) is 8.11. The zero-order chi connectivity index (χ0) is 18.2. The van der Waals surface area contributed by atoms with Crippen molar-refractivity contribution >= 4 is 23.6 Å². The first kappa shape index (κ1) is 18.0. The van der Waals surface area contributed by atoms with E-state index >= 15 is 0 Å². The molecule has 25 heavy (non-hydrogen) atoms. The van der Waals surface area contributed by atoms with Gasteiger partial charge in [0.05, 0.1) is 10.9 Å². The van der Waals surface area contributed by atoms with Crippen molar-refractivity contribution in [3.05, 3.63) is 29.8 Å². The highest BCUT2D eigenvalue weighted by atomic mass is 32.2. The summed E-state index contributed by atoms with van der Waals surface area (Å²) in [6, 6.07) is 5.39. The molecule has 2 aliphatic heterocycles. The molecule has 1 aromatic rings. The molecule has 2 amide bonds. The van der Waals surface area contributed by atoms with E-state index in [0.29, 0.717) is 12.2 Å². The molecule has 3 atom stereocenters. The van der Waals surface area contributed by atoms with Gasteiger partial charge in [-0.15, -0.1) is 11.8 Å². The first-order valence-corrected chi connectivity index (χ1v) is 9.10. The second-order valence-electron chi connectivity index (χ2n) is 6.44. The maximum atomic E-state index is 12.6. The van der Waals surface area contributed by atoms with E-state index in [2.05, 4.69) is 10.1 Å². The number of carbonyl (C=O) groups excluding carboxylic acids is 2. The summed E-state index contributed by atoms with van der Waals surface area (Å²) in [5.74, 6) is 0.491. The van der Waals surface area contributed by atoms with Crippen LogP contribution < -0.4 is 10.1 Å². The van der Waals surface area contributed by atoms with Gasteiger partial charge in [0.25, 0.3) is 0 Å². The molecular weight excluding hydrogens is 350 g/mol. The van der Waals surface area contributed by atoms with Crippen LogP contribution in [-0.4, -0.2) is 40.0 Å². The molecule has 0 bridgehead atoms. The van der Waals surface area contributed by atoms with Crippen molar-refractivity contribution < 1.29 is 23.1 Å². The topological polar surface area (TPSA) is 58.6 Å². The van der Waals surface area contributed by atoms with Crippen LogP contribution in [0.3, 0.4) is 0 Å². The van der Waals surface area contributed by atoms with E-state index in [1.165, 1.54) is 12.1 Å². The number of rotatable bonds is 5. The number of fused-ring (bicyclic) bond motifs is 1. The number of nitrogens with one attached hydrogen (secondary N) is 1. The monoisotopic (exact) mass is 370 g/mol. The van der Waals surface area contributed by atoms with Gasteiger partial charge in [-0.05, 0) is 38.0 Å². The molecule has 0 spiro atoms. The predicted octanol–water partition coefficient (Wildman–Crippen LogP) is 2.92. The number of hydrogen-bond acceptors (Lipinski definition) is 4. The van der Waals surface area contributed by atoms with E-state index in [-0.39, 0.29) is 28.5 Å². The average Bonchev–Trinajstić information content (AvgIpc) is 3.04. The molecule has 2 saturated heterocycles. The number of hydrogen-bond donors (Lipinski definition) is 1. The third-order valence-corrected chi connectivity index (χ3v) is 6.22. The number of halogens is 2. The van der Waals surface area contributed by atoms with Crippen molar-refractivity contribution in [2.45, 2.75) is 50.3 Å². The molecule has 5 nitrogen and oxygen atoms in total. The van der Waals surface area contributed by atoms with E-state index in [9.17, 15) is 18.4 Å². The number of amides is 2. The molecule has 1 aromatic carbocycles. The molecule has 0 radical (unpaired) electrons. The molecule has 0 saturated carbocycles. The second-order valence-corrected chi connectivity index (χ2v) is 7.94. The highest BCUT2D eigenvalue weighted by Crippen LogP contribution is 2.47. The van der Waals surface area contributed by atoms with Gasteiger partial charge >= 0.3 is 6.61 Å². The Bertz CT molecular complexity index is 670. The van der Waals surface area contributed by atoms with Gasteiger partial charge in [-0.1, -0.05) is 12.1 Å². The first-order chi connectivity index (χ1) is 11.8. The SMILES string of the molecule is C[C@H](NC(=O)[C@@H]1CS[C@@]2(C)CCC(=O)N12)c1ccc(OC(F)F)cc1. The van der Waals surface area contributed by atoms with Crippen LogP contribution >= 0.6 is 11.8 Å². The highest BCUT2D eigenvalue weighted by molar-refractivity contribution is 8.01. The normalized spacial score (nSPS) is 26.7. The van der Waals surface area contributed by atoms with Crippen LogP contribution in [0, 0.1) is 0 Å². The van der Waals surface area contributed by atoms with E-state index in [1.54, 1.807) is 28.8 Å². The number of benzene rings is 1. The zero-order valence-electron chi connectivity index (χ0n) is 14.0. The molecule has 2 aliphatic rings. The second kappa shape index (κ2) is 6.82. The lowest BCUT2D eigenvalue weighted by Gasteiger charge is -2.30. The molecule has 0 aliphatic carbocycles. The number of carbonyl (C=O) groups is 2. The van der Waals surface area contributed by atoms with E-state index in [1.807, 2.05) is 13.8 Å². The molecule has 2 fully saturated rings. The van der Waals surface area contributed by atoms with Crippen molar-refractivity contribution in [1.82, 2.24) is 10.2 Å². The fraction of sp³-hybridized carbons (Fsp3) is 0.529. The minimum Gasteiger partial charge on any atom is -0.435 e. The van der Waals surface area contributed by atoms with Crippen LogP contribution in [0.5, 0.6) is 5.75 Å². The molecular formula is C17H20F2N2O3S. The molecule has 0 unspecified atom stereocenters. The van der Waals surface area contributed by atoms with Gasteiger partial charge in [-0.25, -0.2) is 0 Å². The van der Waals surface area contributed by atoms with Gasteiger partial charge in [0.2, 0.25) is 11.8 Å². The zero-order valence-corrected chi connectivity index (χ0v) is 14.8. The lowest BCUT2D eigenvalue weighted by molar-refractivity contribution is -0.138. The standard InChI is InChI=1S/C17H20F2N2O3S/c1-10(11-3-5-12(6-4-11)24-16(18)19)20-15(23)13-9-25-17(2)8-7-14(22)21(13)17/h3-6,10,13,16H,7-9H2,1-2H3,(H,20,23)/t10-,13-,17-/m0/s1. The summed E-state index contributed by atoms with van der Waals surface area (Å²) in [7, 11) is 0. The van der Waals surface area contributed by atoms with Gasteiger partial charge in [-0.2, -0.15) is 8.78 Å². The van der Waals surface area contributed by atoms with Crippen molar-refractivity contribution in [2.75, 3.05) is 5.75 Å². The van der Waals surface area contributed by atoms with Crippen molar-refractivity contribution in [3.8, 4) is 5.75 Å². The van der Waals surface area contributed by atoms with Crippen LogP contribution in [0.1, 0.15) is 38.3 Å². The van der Waals surface area contributed by atoms with E-state index < -0.39 is 12.7 Å². The number of nitrogens with zero attached hydrogens (tertiary/aromatic N) is 1. The van der Waals surface area contributed by atoms with Crippen LogP contribution in [0.4, 0.5) is 8.78 Å². The Balaban J connectivity index is 1.64. The fourth-order valence-corrected chi connectivity index (χ4v) is 4.78. The Labute approximate surface area is 149 Å². The fourth-order valence-electron chi connectivity index (χ4n) is 3.35. The summed E-state index contributed by atoms with van der Waals surface area (Å²) >= 11 is 1.64. The van der Waals surface area contributed by atoms with Gasteiger partial charge < -0.3 is 15.0 Å². The molecule has 0 aromatic heterocycles. The maximum absolute atomic E-state index is 12.6. The molecule has 136 valence electrons. The average molecular weight is 370 g/mol. The minimum atomic E-state index is -2.87. The Morgan fingerprint density at radius 1 is 1.40 bits per heavy atom. The third kappa shape index (κ3) is 3.58. The van der Waals surface area contributed by atoms with E-state index in [0.717, 1.165) is 12.0 Å². The molecule has 2 heterocycles. The Kier molecular flexibility index (Phi) is 4.90. The minimum absolute atomic E-state index is 0.0220. The Morgan fingerprint density at radius 2 is 2.08 bits per heavy atom. The van der Waals surface area contributed by atoms with E-state index in [4.69, 9.17) is 0 Å².